The van der Waals surface area contributed by atoms with E-state index in [0.717, 1.165) is 11.1 Å². The maximum absolute atomic E-state index is 12.1. The Kier molecular flexibility index (Phi) is 9.56. The predicted molar refractivity (Wildman–Crippen MR) is 134 cm³/mol. The third kappa shape index (κ3) is 9.13. The Morgan fingerprint density at radius 3 is 2.20 bits per heavy atom. The molecule has 0 aromatic heterocycles. The van der Waals surface area contributed by atoms with Gasteiger partial charge in [0.15, 0.2) is 6.61 Å². The number of hydrogen-bond acceptors (Lipinski definition) is 5. The van der Waals surface area contributed by atoms with Gasteiger partial charge in [0.1, 0.15) is 12.2 Å². The quantitative estimate of drug-likeness (QED) is 0.226. The summed E-state index contributed by atoms with van der Waals surface area (Å²) in [6, 6.07) is 25.9. The molecule has 0 saturated carbocycles. The lowest BCUT2D eigenvalue weighted by Crippen LogP contribution is -2.31. The van der Waals surface area contributed by atoms with Gasteiger partial charge in [-0.15, -0.1) is 0 Å². The first-order valence-corrected chi connectivity index (χ1v) is 11.2. The third-order valence-corrected chi connectivity index (χ3v) is 4.98. The van der Waals surface area contributed by atoms with Gasteiger partial charge in [-0.05, 0) is 47.9 Å². The second kappa shape index (κ2) is 13.3. The molecule has 0 heterocycles. The van der Waals surface area contributed by atoms with Crippen LogP contribution >= 0.6 is 0 Å². The molecule has 180 valence electrons. The van der Waals surface area contributed by atoms with Gasteiger partial charge in [-0.2, -0.15) is 5.10 Å². The fourth-order valence-electron chi connectivity index (χ4n) is 3.13. The van der Waals surface area contributed by atoms with E-state index in [1.54, 1.807) is 24.3 Å². The van der Waals surface area contributed by atoms with E-state index < -0.39 is 5.91 Å². The lowest BCUT2D eigenvalue weighted by molar-refractivity contribution is -0.129. The highest BCUT2D eigenvalue weighted by molar-refractivity contribution is 5.97. The first-order chi connectivity index (χ1) is 17.0. The van der Waals surface area contributed by atoms with Crippen molar-refractivity contribution in [3.8, 4) is 5.75 Å². The van der Waals surface area contributed by atoms with Crippen LogP contribution in [0.2, 0.25) is 0 Å². The molecule has 3 amide bonds. The molecule has 35 heavy (non-hydrogen) atoms. The highest BCUT2D eigenvalue weighted by Gasteiger charge is 2.10. The molecule has 1 atom stereocenters. The number of carbonyl (C=O) groups excluding carboxylic acids is 3. The fraction of sp³-hybridized carbons (Fsp3) is 0.185. The largest absolute Gasteiger partial charge is 0.484 e. The smallest absolute Gasteiger partial charge is 0.258 e. The molecule has 0 aliphatic rings. The SMILES string of the molecule is C[C@@H](NC(=O)COc1ccc(C=NNC(=O)CC(=O)NCc2ccccc2)cc1)c1ccccc1. The molecule has 0 bridgehead atoms. The van der Waals surface area contributed by atoms with E-state index in [0.29, 0.717) is 17.9 Å². The lowest BCUT2D eigenvalue weighted by atomic mass is 10.1. The number of carbonyl (C=O) groups is 3. The predicted octanol–water partition coefficient (Wildman–Crippen LogP) is 3.10. The number of nitrogens with one attached hydrogen (secondary N) is 3. The van der Waals surface area contributed by atoms with Crippen molar-refractivity contribution in [2.24, 2.45) is 5.10 Å². The molecule has 3 rings (SSSR count). The van der Waals surface area contributed by atoms with Crippen LogP contribution in [0, 0.1) is 0 Å². The van der Waals surface area contributed by atoms with Crippen LogP contribution in [0.4, 0.5) is 0 Å². The third-order valence-electron chi connectivity index (χ3n) is 4.98. The van der Waals surface area contributed by atoms with Crippen LogP contribution in [0.5, 0.6) is 5.75 Å². The minimum atomic E-state index is -0.512. The average molecular weight is 473 g/mol. The Hall–Kier alpha value is -4.46. The van der Waals surface area contributed by atoms with Gasteiger partial charge in [-0.3, -0.25) is 14.4 Å². The van der Waals surface area contributed by atoms with Gasteiger partial charge < -0.3 is 15.4 Å². The van der Waals surface area contributed by atoms with Gasteiger partial charge >= 0.3 is 0 Å². The van der Waals surface area contributed by atoms with E-state index in [1.165, 1.54) is 6.21 Å². The molecule has 0 spiro atoms. The van der Waals surface area contributed by atoms with Crippen molar-refractivity contribution in [1.82, 2.24) is 16.1 Å². The Labute approximate surface area is 204 Å². The van der Waals surface area contributed by atoms with Crippen molar-refractivity contribution in [3.63, 3.8) is 0 Å². The number of benzene rings is 3. The molecule has 8 heteroatoms. The zero-order valence-corrected chi connectivity index (χ0v) is 19.4. The van der Waals surface area contributed by atoms with Gasteiger partial charge in [0.05, 0.1) is 12.3 Å². The van der Waals surface area contributed by atoms with Crippen molar-refractivity contribution in [3.05, 3.63) is 102 Å². The van der Waals surface area contributed by atoms with Gasteiger partial charge in [-0.25, -0.2) is 5.43 Å². The summed E-state index contributed by atoms with van der Waals surface area (Å²) >= 11 is 0. The standard InChI is InChI=1S/C27H28N4O4/c1-20(23-10-6-3-7-11-23)30-27(34)19-35-24-14-12-22(13-15-24)18-29-31-26(33)16-25(32)28-17-21-8-4-2-5-9-21/h2-15,18,20H,16-17,19H2,1H3,(H,28,32)(H,30,34)(H,31,33)/t20-/m1/s1. The zero-order valence-electron chi connectivity index (χ0n) is 19.4. The van der Waals surface area contributed by atoms with Crippen LogP contribution in [0.25, 0.3) is 0 Å². The molecule has 3 N–H and O–H groups in total. The first-order valence-electron chi connectivity index (χ1n) is 11.2. The van der Waals surface area contributed by atoms with Crippen LogP contribution in [-0.2, 0) is 20.9 Å². The van der Waals surface area contributed by atoms with Gasteiger partial charge in [0.2, 0.25) is 11.8 Å². The number of ether oxygens (including phenoxy) is 1. The maximum Gasteiger partial charge on any atom is 0.258 e. The Morgan fingerprint density at radius 2 is 1.51 bits per heavy atom. The second-order valence-electron chi connectivity index (χ2n) is 7.79. The molecule has 0 aliphatic carbocycles. The number of amides is 3. The summed E-state index contributed by atoms with van der Waals surface area (Å²) in [5.41, 5.74) is 5.02. The summed E-state index contributed by atoms with van der Waals surface area (Å²) in [5, 5.41) is 9.45. The van der Waals surface area contributed by atoms with Crippen molar-refractivity contribution < 1.29 is 19.1 Å². The van der Waals surface area contributed by atoms with E-state index in [2.05, 4.69) is 21.2 Å². The monoisotopic (exact) mass is 472 g/mol. The summed E-state index contributed by atoms with van der Waals surface area (Å²) in [6.45, 7) is 2.17. The van der Waals surface area contributed by atoms with Crippen LogP contribution in [-0.4, -0.2) is 30.5 Å². The Bertz CT molecular complexity index is 1130. The molecule has 3 aromatic carbocycles. The highest BCUT2D eigenvalue weighted by Crippen LogP contribution is 2.13. The fourth-order valence-corrected chi connectivity index (χ4v) is 3.13. The molecule has 0 aliphatic heterocycles. The number of rotatable bonds is 11. The van der Waals surface area contributed by atoms with E-state index in [4.69, 9.17) is 4.74 Å². The van der Waals surface area contributed by atoms with E-state index in [1.807, 2.05) is 67.6 Å². The molecular formula is C27H28N4O4. The van der Waals surface area contributed by atoms with Crippen LogP contribution < -0.4 is 20.8 Å². The summed E-state index contributed by atoms with van der Waals surface area (Å²) in [5.74, 6) is -0.584. The molecule has 0 unspecified atom stereocenters. The second-order valence-corrected chi connectivity index (χ2v) is 7.79. The normalized spacial score (nSPS) is 11.5. The van der Waals surface area contributed by atoms with E-state index >= 15 is 0 Å². The summed E-state index contributed by atoms with van der Waals surface area (Å²) in [6.07, 6.45) is 1.14. The van der Waals surface area contributed by atoms with Gasteiger partial charge in [0, 0.05) is 6.54 Å². The summed E-state index contributed by atoms with van der Waals surface area (Å²) in [4.78, 5) is 35.9. The molecule has 0 fully saturated rings. The number of nitrogens with zero attached hydrogens (tertiary/aromatic N) is 1. The van der Waals surface area contributed by atoms with E-state index in [9.17, 15) is 14.4 Å². The van der Waals surface area contributed by atoms with E-state index in [-0.39, 0.29) is 30.9 Å². The van der Waals surface area contributed by atoms with Crippen molar-refractivity contribution in [1.29, 1.82) is 0 Å². The Morgan fingerprint density at radius 1 is 0.857 bits per heavy atom. The summed E-state index contributed by atoms with van der Waals surface area (Å²) < 4.78 is 5.53. The van der Waals surface area contributed by atoms with Crippen LogP contribution in [0.1, 0.15) is 36.1 Å². The minimum absolute atomic E-state index is 0.104. The maximum atomic E-state index is 12.1. The van der Waals surface area contributed by atoms with Crippen molar-refractivity contribution in [2.45, 2.75) is 25.9 Å². The number of hydrogen-bond donors (Lipinski definition) is 3. The van der Waals surface area contributed by atoms with Gasteiger partial charge in [-0.1, -0.05) is 60.7 Å². The molecule has 8 nitrogen and oxygen atoms in total. The van der Waals surface area contributed by atoms with Crippen LogP contribution in [0.15, 0.2) is 90.0 Å². The first kappa shape index (κ1) is 25.2. The number of hydrazone groups is 1. The summed E-state index contributed by atoms with van der Waals surface area (Å²) in [7, 11) is 0. The molecule has 0 saturated heterocycles. The highest BCUT2D eigenvalue weighted by atomic mass is 16.5. The topological polar surface area (TPSA) is 109 Å². The average Bonchev–Trinajstić information content (AvgIpc) is 2.88. The molecule has 0 radical (unpaired) electrons. The zero-order chi connectivity index (χ0) is 24.9. The van der Waals surface area contributed by atoms with Crippen molar-refractivity contribution in [2.75, 3.05) is 6.61 Å². The molecule has 3 aromatic rings. The minimum Gasteiger partial charge on any atom is -0.484 e. The Balaban J connectivity index is 1.35. The van der Waals surface area contributed by atoms with Crippen molar-refractivity contribution >= 4 is 23.9 Å². The van der Waals surface area contributed by atoms with Crippen LogP contribution in [0.3, 0.4) is 0 Å². The molecular weight excluding hydrogens is 444 g/mol. The lowest BCUT2D eigenvalue weighted by Gasteiger charge is -2.14. The van der Waals surface area contributed by atoms with Gasteiger partial charge in [0.25, 0.3) is 5.91 Å².